The molecule has 0 saturated heterocycles. The quantitative estimate of drug-likeness (QED) is 0.776. The van der Waals surface area contributed by atoms with Crippen molar-refractivity contribution in [3.8, 4) is 5.69 Å². The summed E-state index contributed by atoms with van der Waals surface area (Å²) in [6.45, 7) is 2.83. The summed E-state index contributed by atoms with van der Waals surface area (Å²) in [7, 11) is 1.90. The highest BCUT2D eigenvalue weighted by molar-refractivity contribution is 5.37. The van der Waals surface area contributed by atoms with Gasteiger partial charge in [0.2, 0.25) is 0 Å². The number of aryl methyl sites for hydroxylation is 1. The van der Waals surface area contributed by atoms with E-state index in [0.717, 1.165) is 11.5 Å². The number of aromatic nitrogens is 5. The summed E-state index contributed by atoms with van der Waals surface area (Å²) in [4.78, 5) is 8.30. The molecule has 1 N–H and O–H groups in total. The third kappa shape index (κ3) is 3.00. The summed E-state index contributed by atoms with van der Waals surface area (Å²) >= 11 is 0. The lowest BCUT2D eigenvalue weighted by Crippen LogP contribution is -2.20. The van der Waals surface area contributed by atoms with Crippen LogP contribution in [0.4, 0.5) is 0 Å². The lowest BCUT2D eigenvalue weighted by molar-refractivity contribution is 0.540. The number of rotatable bonds is 5. The molecular weight excluding hydrogens is 264 g/mol. The molecule has 6 heteroatoms. The average molecular weight is 282 g/mol. The highest BCUT2D eigenvalue weighted by atomic mass is 15.3. The van der Waals surface area contributed by atoms with Gasteiger partial charge in [0.25, 0.3) is 0 Å². The van der Waals surface area contributed by atoms with Crippen LogP contribution >= 0.6 is 0 Å². The van der Waals surface area contributed by atoms with Gasteiger partial charge in [-0.15, -0.1) is 0 Å². The molecular formula is C15H18N6. The minimum atomic E-state index is 0.227. The number of nitrogens with zero attached hydrogens (tertiary/aromatic N) is 5. The number of hydrogen-bond donors (Lipinski definition) is 1. The lowest BCUT2D eigenvalue weighted by Gasteiger charge is -2.15. The molecule has 1 atom stereocenters. The Labute approximate surface area is 123 Å². The van der Waals surface area contributed by atoms with E-state index in [0.29, 0.717) is 6.54 Å². The molecule has 3 rings (SSSR count). The second-order valence-electron chi connectivity index (χ2n) is 4.97. The van der Waals surface area contributed by atoms with E-state index in [2.05, 4.69) is 51.6 Å². The van der Waals surface area contributed by atoms with E-state index in [1.54, 1.807) is 23.5 Å². The first kappa shape index (κ1) is 13.5. The summed E-state index contributed by atoms with van der Waals surface area (Å²) in [6, 6.07) is 8.64. The number of benzene rings is 1. The predicted molar refractivity (Wildman–Crippen MR) is 79.8 cm³/mol. The van der Waals surface area contributed by atoms with E-state index in [1.807, 2.05) is 17.8 Å². The zero-order chi connectivity index (χ0) is 14.7. The van der Waals surface area contributed by atoms with Crippen LogP contribution in [0, 0.1) is 0 Å². The fourth-order valence-electron chi connectivity index (χ4n) is 2.21. The van der Waals surface area contributed by atoms with Gasteiger partial charge < -0.3 is 9.88 Å². The molecule has 0 bridgehead atoms. The van der Waals surface area contributed by atoms with Crippen LogP contribution in [0.3, 0.4) is 0 Å². The monoisotopic (exact) mass is 282 g/mol. The molecule has 2 heterocycles. The van der Waals surface area contributed by atoms with Gasteiger partial charge >= 0.3 is 0 Å². The van der Waals surface area contributed by atoms with E-state index in [4.69, 9.17) is 0 Å². The molecule has 0 radical (unpaired) electrons. The Morgan fingerprint density at radius 1 is 1.33 bits per heavy atom. The van der Waals surface area contributed by atoms with Crippen LogP contribution in [0.15, 0.2) is 49.3 Å². The van der Waals surface area contributed by atoms with Gasteiger partial charge in [0.1, 0.15) is 12.2 Å². The number of nitrogens with one attached hydrogen (secondary N) is 1. The Bertz CT molecular complexity index is 701. The smallest absolute Gasteiger partial charge is 0.140 e. The van der Waals surface area contributed by atoms with Crippen LogP contribution < -0.4 is 5.32 Å². The first-order valence-electron chi connectivity index (χ1n) is 6.88. The largest absolute Gasteiger partial charge is 0.306 e. The van der Waals surface area contributed by atoms with Crippen molar-refractivity contribution in [2.24, 2.45) is 7.05 Å². The van der Waals surface area contributed by atoms with Crippen molar-refractivity contribution in [2.45, 2.75) is 19.5 Å². The third-order valence-electron chi connectivity index (χ3n) is 3.54. The van der Waals surface area contributed by atoms with Gasteiger partial charge in [-0.05, 0) is 24.6 Å². The van der Waals surface area contributed by atoms with E-state index in [1.165, 1.54) is 5.56 Å². The van der Waals surface area contributed by atoms with Crippen LogP contribution in [-0.2, 0) is 13.6 Å². The zero-order valence-corrected chi connectivity index (χ0v) is 12.1. The Kier molecular flexibility index (Phi) is 3.79. The van der Waals surface area contributed by atoms with Crippen LogP contribution in [0.1, 0.15) is 24.4 Å². The standard InChI is InChI=1S/C15H18N6/c1-12(17-9-15-18-10-19-20(15)2)13-4-3-5-14(8-13)21-7-6-16-11-21/h3-8,10-12,17H,9H2,1-2H3. The molecule has 2 aromatic heterocycles. The average Bonchev–Trinajstić information content (AvgIpc) is 3.16. The van der Waals surface area contributed by atoms with Gasteiger partial charge in [-0.3, -0.25) is 4.68 Å². The Morgan fingerprint density at radius 3 is 2.95 bits per heavy atom. The minimum absolute atomic E-state index is 0.227. The van der Waals surface area contributed by atoms with Gasteiger partial charge in [0.15, 0.2) is 0 Å². The van der Waals surface area contributed by atoms with Crippen molar-refractivity contribution >= 4 is 0 Å². The van der Waals surface area contributed by atoms with Crippen LogP contribution in [0.25, 0.3) is 5.69 Å². The Balaban J connectivity index is 1.71. The highest BCUT2D eigenvalue weighted by Gasteiger charge is 2.08. The maximum Gasteiger partial charge on any atom is 0.140 e. The topological polar surface area (TPSA) is 60.6 Å². The van der Waals surface area contributed by atoms with Crippen molar-refractivity contribution in [3.63, 3.8) is 0 Å². The second-order valence-corrected chi connectivity index (χ2v) is 4.97. The molecule has 21 heavy (non-hydrogen) atoms. The fourth-order valence-corrected chi connectivity index (χ4v) is 2.21. The number of imidazole rings is 1. The minimum Gasteiger partial charge on any atom is -0.306 e. The van der Waals surface area contributed by atoms with Crippen molar-refractivity contribution in [1.29, 1.82) is 0 Å². The second kappa shape index (κ2) is 5.88. The normalized spacial score (nSPS) is 12.5. The molecule has 1 unspecified atom stereocenters. The van der Waals surface area contributed by atoms with Crippen LogP contribution in [0.2, 0.25) is 0 Å². The van der Waals surface area contributed by atoms with E-state index < -0.39 is 0 Å². The maximum absolute atomic E-state index is 4.22. The van der Waals surface area contributed by atoms with E-state index >= 15 is 0 Å². The summed E-state index contributed by atoms with van der Waals surface area (Å²) < 4.78 is 3.78. The van der Waals surface area contributed by atoms with Crippen LogP contribution in [0.5, 0.6) is 0 Å². The molecule has 0 aliphatic rings. The van der Waals surface area contributed by atoms with Gasteiger partial charge in [-0.2, -0.15) is 5.10 Å². The Morgan fingerprint density at radius 2 is 2.24 bits per heavy atom. The summed E-state index contributed by atoms with van der Waals surface area (Å²) in [5.74, 6) is 0.924. The van der Waals surface area contributed by atoms with Gasteiger partial charge in [0.05, 0.1) is 12.9 Å². The first-order valence-corrected chi connectivity index (χ1v) is 6.88. The van der Waals surface area contributed by atoms with Gasteiger partial charge in [-0.1, -0.05) is 12.1 Å². The molecule has 1 aromatic carbocycles. The summed E-state index contributed by atoms with van der Waals surface area (Å²) in [5, 5.41) is 7.54. The lowest BCUT2D eigenvalue weighted by atomic mass is 10.1. The summed E-state index contributed by atoms with van der Waals surface area (Å²) in [6.07, 6.45) is 7.09. The van der Waals surface area contributed by atoms with Crippen molar-refractivity contribution in [2.75, 3.05) is 0 Å². The molecule has 3 aromatic rings. The molecule has 0 aliphatic heterocycles. The molecule has 0 amide bonds. The first-order chi connectivity index (χ1) is 10.2. The molecule has 0 aliphatic carbocycles. The zero-order valence-electron chi connectivity index (χ0n) is 12.1. The van der Waals surface area contributed by atoms with Crippen molar-refractivity contribution in [1.82, 2.24) is 29.6 Å². The van der Waals surface area contributed by atoms with Gasteiger partial charge in [0, 0.05) is 31.2 Å². The van der Waals surface area contributed by atoms with E-state index in [9.17, 15) is 0 Å². The molecule has 6 nitrogen and oxygen atoms in total. The molecule has 108 valence electrons. The fraction of sp³-hybridized carbons (Fsp3) is 0.267. The molecule has 0 spiro atoms. The number of hydrogen-bond acceptors (Lipinski definition) is 4. The van der Waals surface area contributed by atoms with Crippen molar-refractivity contribution in [3.05, 3.63) is 60.7 Å². The predicted octanol–water partition coefficient (Wildman–Crippen LogP) is 1.85. The van der Waals surface area contributed by atoms with Crippen molar-refractivity contribution < 1.29 is 0 Å². The summed E-state index contributed by atoms with van der Waals surface area (Å²) in [5.41, 5.74) is 2.33. The molecule has 0 fully saturated rings. The van der Waals surface area contributed by atoms with E-state index in [-0.39, 0.29) is 6.04 Å². The van der Waals surface area contributed by atoms with Crippen LogP contribution in [-0.4, -0.2) is 24.3 Å². The van der Waals surface area contributed by atoms with Gasteiger partial charge in [-0.25, -0.2) is 9.97 Å². The Hall–Kier alpha value is -2.47. The SMILES string of the molecule is CC(NCc1ncnn1C)c1cccc(-n2ccnc2)c1. The highest BCUT2D eigenvalue weighted by Crippen LogP contribution is 2.17. The maximum atomic E-state index is 4.22. The third-order valence-corrected chi connectivity index (χ3v) is 3.54. The molecule has 0 saturated carbocycles.